The molecule has 1 aliphatic rings. The molecule has 9 nitrogen and oxygen atoms in total. The van der Waals surface area contributed by atoms with Crippen molar-refractivity contribution in [1.82, 2.24) is 20.6 Å². The summed E-state index contributed by atoms with van der Waals surface area (Å²) in [5, 5.41) is 5.99. The molecule has 3 N–H and O–H groups in total. The van der Waals surface area contributed by atoms with E-state index in [4.69, 9.17) is 9.47 Å². The molecule has 1 aliphatic heterocycles. The van der Waals surface area contributed by atoms with E-state index in [1.807, 2.05) is 41.3 Å². The molecule has 4 rings (SSSR count). The standard InChI is InChI=1S/C24H27N5O4/c1-14(30)26-13-24(2)21(31)20(22-27-18-8-6-7-9-19(18)28-22)23(25-3)29(24)15-10-16(32-4)12-17(11-15)33-5/h6-12,25H,13H2,1-5H3,(H,26,30)(H,27,28)/t24-/m1/s1. The van der Waals surface area contributed by atoms with Gasteiger partial charge in [0.2, 0.25) is 5.91 Å². The number of anilines is 1. The van der Waals surface area contributed by atoms with Crippen molar-refractivity contribution in [3.8, 4) is 11.5 Å². The SMILES string of the molecule is CNC1=C(c2nc3ccccc3[nH]2)C(=O)[C@@](C)(CNC(C)=O)N1c1cc(OC)cc(OC)c1. The van der Waals surface area contributed by atoms with Gasteiger partial charge in [-0.2, -0.15) is 0 Å². The molecule has 1 aromatic heterocycles. The Hall–Kier alpha value is -4.01. The van der Waals surface area contributed by atoms with Gasteiger partial charge in [0.25, 0.3) is 0 Å². The summed E-state index contributed by atoms with van der Waals surface area (Å²) in [7, 11) is 4.89. The summed E-state index contributed by atoms with van der Waals surface area (Å²) in [6.07, 6.45) is 0. The Balaban J connectivity index is 1.94. The van der Waals surface area contributed by atoms with Crippen molar-refractivity contribution in [3.05, 3.63) is 54.1 Å². The molecule has 0 saturated carbocycles. The van der Waals surface area contributed by atoms with Crippen LogP contribution in [0, 0.1) is 0 Å². The maximum Gasteiger partial charge on any atom is 0.216 e. The topological polar surface area (TPSA) is 109 Å². The number of benzene rings is 2. The van der Waals surface area contributed by atoms with Crippen molar-refractivity contribution in [3.63, 3.8) is 0 Å². The van der Waals surface area contributed by atoms with Crippen LogP contribution in [0.1, 0.15) is 19.7 Å². The molecular formula is C24H27N5O4. The van der Waals surface area contributed by atoms with Gasteiger partial charge in [-0.15, -0.1) is 0 Å². The van der Waals surface area contributed by atoms with Crippen LogP contribution in [0.5, 0.6) is 11.5 Å². The van der Waals surface area contributed by atoms with Gasteiger partial charge < -0.3 is 30.0 Å². The van der Waals surface area contributed by atoms with E-state index < -0.39 is 5.54 Å². The zero-order valence-corrected chi connectivity index (χ0v) is 19.3. The minimum atomic E-state index is -1.13. The van der Waals surface area contributed by atoms with E-state index >= 15 is 0 Å². The first-order valence-electron chi connectivity index (χ1n) is 10.5. The lowest BCUT2D eigenvalue weighted by molar-refractivity contribution is -0.120. The summed E-state index contributed by atoms with van der Waals surface area (Å²) in [6.45, 7) is 3.31. The van der Waals surface area contributed by atoms with Crippen LogP contribution in [0.25, 0.3) is 16.6 Å². The molecule has 9 heteroatoms. The normalized spacial score (nSPS) is 18.1. The number of para-hydroxylation sites is 2. The highest BCUT2D eigenvalue weighted by atomic mass is 16.5. The van der Waals surface area contributed by atoms with Gasteiger partial charge in [-0.1, -0.05) is 12.1 Å². The Bertz CT molecular complexity index is 1210. The number of hydrogen-bond donors (Lipinski definition) is 3. The van der Waals surface area contributed by atoms with Crippen LogP contribution in [-0.4, -0.2) is 55.0 Å². The maximum atomic E-state index is 14.0. The number of aromatic amines is 1. The van der Waals surface area contributed by atoms with Crippen molar-refractivity contribution >= 4 is 34.0 Å². The molecule has 172 valence electrons. The number of methoxy groups -OCH3 is 2. The molecule has 2 aromatic carbocycles. The fraction of sp³-hybridized carbons (Fsp3) is 0.292. The number of carbonyl (C=O) groups is 2. The van der Waals surface area contributed by atoms with Crippen molar-refractivity contribution in [2.75, 3.05) is 32.7 Å². The zero-order valence-electron chi connectivity index (χ0n) is 19.3. The van der Waals surface area contributed by atoms with Crippen LogP contribution in [0.4, 0.5) is 5.69 Å². The maximum absolute atomic E-state index is 14.0. The molecule has 33 heavy (non-hydrogen) atoms. The van der Waals surface area contributed by atoms with Crippen LogP contribution in [-0.2, 0) is 9.59 Å². The van der Waals surface area contributed by atoms with Gasteiger partial charge in [0.05, 0.1) is 30.9 Å². The molecule has 0 bridgehead atoms. The second-order valence-corrected chi connectivity index (χ2v) is 8.00. The number of ketones is 1. The lowest BCUT2D eigenvalue weighted by atomic mass is 9.92. The highest BCUT2D eigenvalue weighted by Gasteiger charge is 2.51. The highest BCUT2D eigenvalue weighted by molar-refractivity contribution is 6.30. The van der Waals surface area contributed by atoms with E-state index in [1.165, 1.54) is 6.92 Å². The number of carbonyl (C=O) groups excluding carboxylic acids is 2. The molecule has 0 radical (unpaired) electrons. The summed E-state index contributed by atoms with van der Waals surface area (Å²) in [4.78, 5) is 35.5. The number of imidazole rings is 1. The van der Waals surface area contributed by atoms with Gasteiger partial charge in [0.1, 0.15) is 34.3 Å². The average Bonchev–Trinajstić information content (AvgIpc) is 3.34. The predicted molar refractivity (Wildman–Crippen MR) is 126 cm³/mol. The molecular weight excluding hydrogens is 422 g/mol. The number of rotatable bonds is 7. The number of nitrogens with one attached hydrogen (secondary N) is 3. The van der Waals surface area contributed by atoms with Crippen LogP contribution in [0.3, 0.4) is 0 Å². The monoisotopic (exact) mass is 449 g/mol. The first kappa shape index (κ1) is 22.2. The third kappa shape index (κ3) is 3.75. The van der Waals surface area contributed by atoms with Crippen molar-refractivity contribution < 1.29 is 19.1 Å². The summed E-state index contributed by atoms with van der Waals surface area (Å²) >= 11 is 0. The second kappa shape index (κ2) is 8.50. The Labute approximate surface area is 191 Å². The number of fused-ring (bicyclic) bond motifs is 1. The van der Waals surface area contributed by atoms with Gasteiger partial charge in [-0.3, -0.25) is 9.59 Å². The van der Waals surface area contributed by atoms with Crippen LogP contribution < -0.4 is 25.0 Å². The number of amides is 1. The smallest absolute Gasteiger partial charge is 0.216 e. The average molecular weight is 450 g/mol. The van der Waals surface area contributed by atoms with Crippen LogP contribution in [0.2, 0.25) is 0 Å². The second-order valence-electron chi connectivity index (χ2n) is 8.00. The van der Waals surface area contributed by atoms with E-state index in [-0.39, 0.29) is 18.2 Å². The van der Waals surface area contributed by atoms with Gasteiger partial charge in [-0.05, 0) is 19.1 Å². The number of ether oxygens (including phenoxy) is 2. The van der Waals surface area contributed by atoms with Crippen molar-refractivity contribution in [1.29, 1.82) is 0 Å². The van der Waals surface area contributed by atoms with E-state index in [0.717, 1.165) is 11.0 Å². The number of H-pyrrole nitrogens is 1. The molecule has 0 spiro atoms. The Morgan fingerprint density at radius 1 is 1.15 bits per heavy atom. The largest absolute Gasteiger partial charge is 0.497 e. The third-order valence-corrected chi connectivity index (χ3v) is 5.81. The van der Waals surface area contributed by atoms with E-state index in [2.05, 4.69) is 20.6 Å². The summed E-state index contributed by atoms with van der Waals surface area (Å²) < 4.78 is 10.9. The molecule has 0 aliphatic carbocycles. The third-order valence-electron chi connectivity index (χ3n) is 5.81. The van der Waals surface area contributed by atoms with Gasteiger partial charge in [0, 0.05) is 38.7 Å². The zero-order chi connectivity index (χ0) is 23.8. The lowest BCUT2D eigenvalue weighted by Gasteiger charge is -2.37. The Morgan fingerprint density at radius 3 is 2.39 bits per heavy atom. The lowest BCUT2D eigenvalue weighted by Crippen LogP contribution is -2.55. The number of hydrogen-bond acceptors (Lipinski definition) is 7. The van der Waals surface area contributed by atoms with E-state index in [9.17, 15) is 9.59 Å². The van der Waals surface area contributed by atoms with Gasteiger partial charge in [0.15, 0.2) is 5.78 Å². The summed E-state index contributed by atoms with van der Waals surface area (Å²) in [5.41, 5.74) is 1.53. The van der Waals surface area contributed by atoms with Crippen LogP contribution in [0.15, 0.2) is 48.3 Å². The first-order chi connectivity index (χ1) is 15.8. The summed E-state index contributed by atoms with van der Waals surface area (Å²) in [6, 6.07) is 13.0. The molecule has 0 fully saturated rings. The molecule has 0 saturated heterocycles. The fourth-order valence-electron chi connectivity index (χ4n) is 4.16. The summed E-state index contributed by atoms with van der Waals surface area (Å²) in [5.74, 6) is 1.76. The molecule has 3 aromatic rings. The predicted octanol–water partition coefficient (Wildman–Crippen LogP) is 2.45. The van der Waals surface area contributed by atoms with Crippen LogP contribution >= 0.6 is 0 Å². The van der Waals surface area contributed by atoms with Gasteiger partial charge in [-0.25, -0.2) is 4.98 Å². The fourth-order valence-corrected chi connectivity index (χ4v) is 4.16. The molecule has 0 unspecified atom stereocenters. The quantitative estimate of drug-likeness (QED) is 0.508. The molecule has 1 atom stereocenters. The Morgan fingerprint density at radius 2 is 1.82 bits per heavy atom. The Kier molecular flexibility index (Phi) is 5.71. The minimum Gasteiger partial charge on any atom is -0.497 e. The van der Waals surface area contributed by atoms with Crippen molar-refractivity contribution in [2.45, 2.75) is 19.4 Å². The van der Waals surface area contributed by atoms with E-state index in [0.29, 0.717) is 34.4 Å². The number of nitrogens with zero attached hydrogens (tertiary/aromatic N) is 2. The molecule has 1 amide bonds. The van der Waals surface area contributed by atoms with Crippen molar-refractivity contribution in [2.24, 2.45) is 0 Å². The number of Topliss-reactive ketones (excluding diaryl/α,β-unsaturated/α-hetero) is 1. The van der Waals surface area contributed by atoms with Gasteiger partial charge >= 0.3 is 0 Å². The first-order valence-corrected chi connectivity index (χ1v) is 10.5. The highest BCUT2D eigenvalue weighted by Crippen LogP contribution is 2.43. The molecule has 2 heterocycles. The van der Waals surface area contributed by atoms with E-state index in [1.54, 1.807) is 34.3 Å². The minimum absolute atomic E-state index is 0.0929. The number of aromatic nitrogens is 2.